The van der Waals surface area contributed by atoms with Crippen molar-refractivity contribution in [2.45, 2.75) is 6.92 Å². The first-order chi connectivity index (χ1) is 14.1. The summed E-state index contributed by atoms with van der Waals surface area (Å²) in [6.45, 7) is 1.39. The molecule has 0 atom stereocenters. The highest BCUT2D eigenvalue weighted by atomic mass is 16.6. The smallest absolute Gasteiger partial charge is 0.243 e. The van der Waals surface area contributed by atoms with E-state index in [1.807, 2.05) is 48.5 Å². The van der Waals surface area contributed by atoms with E-state index in [4.69, 9.17) is 0 Å². The molecule has 1 heterocycles. The number of rotatable bonds is 0. The van der Waals surface area contributed by atoms with Crippen LogP contribution in [-0.2, 0) is 4.79 Å². The maximum absolute atomic E-state index is 11.2. The van der Waals surface area contributed by atoms with E-state index in [9.17, 15) is 15.2 Å². The van der Waals surface area contributed by atoms with Gasteiger partial charge in [0.25, 0.3) is 0 Å². The molecule has 142 valence electrons. The van der Waals surface area contributed by atoms with Gasteiger partial charge in [0.1, 0.15) is 11.4 Å². The van der Waals surface area contributed by atoms with E-state index in [-0.39, 0.29) is 11.7 Å². The Morgan fingerprint density at radius 1 is 0.759 bits per heavy atom. The highest BCUT2D eigenvalue weighted by Gasteiger charge is 2.35. The Bertz CT molecular complexity index is 1230. The maximum Gasteiger partial charge on any atom is 0.243 e. The lowest BCUT2D eigenvalue weighted by Gasteiger charge is -2.18. The topological polar surface area (TPSA) is 76.4 Å². The number of benzene rings is 3. The van der Waals surface area contributed by atoms with Gasteiger partial charge in [0.05, 0.1) is 5.71 Å². The van der Waals surface area contributed by atoms with E-state index in [1.165, 1.54) is 6.92 Å². The van der Waals surface area contributed by atoms with E-state index in [2.05, 4.69) is 4.99 Å². The molecule has 0 saturated heterocycles. The fraction of sp³-hybridized carbons (Fsp3) is 0.0435. The number of aliphatic imine (C=N–C) groups is 1. The van der Waals surface area contributed by atoms with Gasteiger partial charge in [-0.2, -0.15) is 0 Å². The second kappa shape index (κ2) is 6.41. The minimum atomic E-state index is -0.288. The van der Waals surface area contributed by atoms with E-state index < -0.39 is 0 Å². The zero-order valence-electron chi connectivity index (χ0n) is 15.6. The molecule has 1 aliphatic heterocycles. The number of hydroxylamine groups is 2. The number of fused-ring (bicyclic) bond motifs is 6. The summed E-state index contributed by atoms with van der Waals surface area (Å²) in [5.74, 6) is -0.0694. The fourth-order valence-electron chi connectivity index (χ4n) is 3.95. The molecule has 6 heteroatoms. The summed E-state index contributed by atoms with van der Waals surface area (Å²) < 4.78 is 0. The van der Waals surface area contributed by atoms with Crippen molar-refractivity contribution >= 4 is 44.5 Å². The lowest BCUT2D eigenvalue weighted by atomic mass is 9.98. The Morgan fingerprint density at radius 2 is 1.21 bits per heavy atom. The molecule has 0 radical (unpaired) electrons. The Labute approximate surface area is 166 Å². The lowest BCUT2D eigenvalue weighted by Crippen LogP contribution is -2.25. The molecular weight excluding hydrogens is 366 g/mol. The highest BCUT2D eigenvalue weighted by Crippen LogP contribution is 2.50. The van der Waals surface area contributed by atoms with E-state index >= 15 is 0 Å². The van der Waals surface area contributed by atoms with E-state index in [1.54, 1.807) is 24.3 Å². The molecule has 0 fully saturated rings. The summed E-state index contributed by atoms with van der Waals surface area (Å²) in [5, 5.41) is 27.8. The van der Waals surface area contributed by atoms with Crippen LogP contribution < -0.4 is 10.1 Å². The van der Waals surface area contributed by atoms with Crippen molar-refractivity contribution in [1.82, 2.24) is 0 Å². The number of hydrogen-bond donors (Lipinski definition) is 2. The number of hydrogen-bond acceptors (Lipinski definition) is 5. The predicted octanol–water partition coefficient (Wildman–Crippen LogP) is 4.72. The highest BCUT2D eigenvalue weighted by molar-refractivity contribution is 6.22. The first-order valence-corrected chi connectivity index (χ1v) is 9.17. The first-order valence-electron chi connectivity index (χ1n) is 9.17. The van der Waals surface area contributed by atoms with Gasteiger partial charge in [-0.05, 0) is 35.1 Å². The number of carbonyl (C=O) groups is 1. The monoisotopic (exact) mass is 383 g/mol. The minimum absolute atomic E-state index is 0.218. The molecule has 1 amide bonds. The average Bonchev–Trinajstić information content (AvgIpc) is 2.99. The third-order valence-corrected chi connectivity index (χ3v) is 5.12. The van der Waals surface area contributed by atoms with Crippen LogP contribution in [0.15, 0.2) is 89.2 Å². The van der Waals surface area contributed by atoms with Crippen molar-refractivity contribution in [3.05, 3.63) is 84.2 Å². The van der Waals surface area contributed by atoms with Crippen molar-refractivity contribution in [2.24, 2.45) is 4.99 Å². The van der Waals surface area contributed by atoms with Gasteiger partial charge in [-0.1, -0.05) is 48.5 Å². The largest absolute Gasteiger partial charge is 0.282 e. The Kier molecular flexibility index (Phi) is 3.84. The zero-order chi connectivity index (χ0) is 20.1. The molecule has 0 aromatic heterocycles. The molecule has 1 aliphatic carbocycles. The second-order valence-electron chi connectivity index (χ2n) is 6.91. The van der Waals surface area contributed by atoms with Crippen molar-refractivity contribution in [3.63, 3.8) is 0 Å². The van der Waals surface area contributed by atoms with Crippen molar-refractivity contribution in [1.29, 1.82) is 0 Å². The standard InChI is InChI=1S/C23H17N3O3/c1-14(27)24-16-12-10-15(11-13-16)23-25(28)21-19-8-4-2-6-17(19)18-7-3-5-9-20(18)22(21)26(23)29/h2-13,28-29H,1H3. The van der Waals surface area contributed by atoms with E-state index in [0.29, 0.717) is 22.7 Å². The number of amides is 1. The molecule has 0 unspecified atom stereocenters. The van der Waals surface area contributed by atoms with Gasteiger partial charge in [0.2, 0.25) is 5.91 Å². The van der Waals surface area contributed by atoms with Gasteiger partial charge < -0.3 is 0 Å². The molecule has 6 nitrogen and oxygen atoms in total. The van der Waals surface area contributed by atoms with Crippen molar-refractivity contribution < 1.29 is 15.2 Å². The van der Waals surface area contributed by atoms with Crippen LogP contribution >= 0.6 is 0 Å². The van der Waals surface area contributed by atoms with Crippen LogP contribution in [0.5, 0.6) is 0 Å². The minimum Gasteiger partial charge on any atom is -0.282 e. The number of anilines is 2. The van der Waals surface area contributed by atoms with Crippen molar-refractivity contribution in [2.75, 3.05) is 10.1 Å². The molecule has 5 rings (SSSR count). The molecule has 0 spiro atoms. The summed E-state index contributed by atoms with van der Waals surface area (Å²) in [7, 11) is 0. The van der Waals surface area contributed by atoms with Gasteiger partial charge in [-0.15, -0.1) is 0 Å². The van der Waals surface area contributed by atoms with Crippen LogP contribution in [0.25, 0.3) is 21.5 Å². The zero-order valence-corrected chi connectivity index (χ0v) is 15.6. The van der Waals surface area contributed by atoms with Crippen LogP contribution in [0.4, 0.5) is 11.4 Å². The van der Waals surface area contributed by atoms with Crippen LogP contribution in [0.3, 0.4) is 0 Å². The summed E-state index contributed by atoms with van der Waals surface area (Å²) >= 11 is 0. The number of allylic oxidation sites excluding steroid dienone is 5. The molecule has 0 bridgehead atoms. The molecular formula is C23H17N3O3. The molecule has 2 N–H and O–H groups in total. The lowest BCUT2D eigenvalue weighted by molar-refractivity contribution is -0.115. The Morgan fingerprint density at radius 3 is 1.66 bits per heavy atom. The summed E-state index contributed by atoms with van der Waals surface area (Å²) in [5.41, 5.74) is 2.15. The Hall–Kier alpha value is -3.74. The van der Waals surface area contributed by atoms with Crippen molar-refractivity contribution in [3.8, 4) is 0 Å². The summed E-state index contributed by atoms with van der Waals surface area (Å²) in [6, 6.07) is 15.6. The maximum atomic E-state index is 11.2. The Balaban J connectivity index is 1.76. The predicted molar refractivity (Wildman–Crippen MR) is 113 cm³/mol. The van der Waals surface area contributed by atoms with Crippen LogP contribution in [0.1, 0.15) is 6.92 Å². The number of nitrogens with zero attached hydrogens (tertiary/aromatic N) is 3. The second-order valence-corrected chi connectivity index (χ2v) is 6.91. The van der Waals surface area contributed by atoms with Gasteiger partial charge in [-0.25, -0.2) is 15.1 Å². The van der Waals surface area contributed by atoms with E-state index in [0.717, 1.165) is 31.7 Å². The molecule has 2 aliphatic rings. The molecule has 3 aromatic carbocycles. The van der Waals surface area contributed by atoms with Crippen LogP contribution in [0.2, 0.25) is 0 Å². The quantitative estimate of drug-likeness (QED) is 0.549. The number of carbonyl (C=O) groups excluding carboxylic acids is 1. The summed E-state index contributed by atoms with van der Waals surface area (Å²) in [4.78, 5) is 15.1. The van der Waals surface area contributed by atoms with Gasteiger partial charge in [0, 0.05) is 23.3 Å². The molecule has 3 aromatic rings. The third kappa shape index (κ3) is 2.58. The van der Waals surface area contributed by atoms with Crippen LogP contribution in [0, 0.1) is 0 Å². The first kappa shape index (κ1) is 17.4. The van der Waals surface area contributed by atoms with Gasteiger partial charge >= 0.3 is 0 Å². The molecule has 0 saturated carbocycles. The third-order valence-electron chi connectivity index (χ3n) is 5.12. The average molecular weight is 383 g/mol. The fourth-order valence-corrected chi connectivity index (χ4v) is 3.95. The van der Waals surface area contributed by atoms with Gasteiger partial charge in [0.15, 0.2) is 5.82 Å². The normalized spacial score (nSPS) is 15.6. The molecule has 29 heavy (non-hydrogen) atoms. The summed E-state index contributed by atoms with van der Waals surface area (Å²) in [6.07, 6.45) is 6.76. The van der Waals surface area contributed by atoms with Gasteiger partial charge in [-0.3, -0.25) is 15.2 Å². The van der Waals surface area contributed by atoms with Crippen LogP contribution in [-0.4, -0.2) is 22.0 Å². The SMILES string of the molecule is CC(=O)N=C1C=CC(=C2N(O)c3c(c4ccccc4c4ccccc34)N2O)C=C1.